The summed E-state index contributed by atoms with van der Waals surface area (Å²) >= 11 is 5.17. The molecule has 1 aromatic heterocycles. The summed E-state index contributed by atoms with van der Waals surface area (Å²) in [4.78, 5) is 24.8. The number of carbonyl (C=O) groups is 2. The largest absolute Gasteiger partial charge is 0.497 e. The van der Waals surface area contributed by atoms with E-state index in [1.807, 2.05) is 72.2 Å². The Labute approximate surface area is 214 Å². The molecule has 0 unspecified atom stereocenters. The molecule has 184 valence electrons. The molecule has 0 fully saturated rings. The van der Waals surface area contributed by atoms with Crippen molar-refractivity contribution in [3.8, 4) is 17.2 Å². The summed E-state index contributed by atoms with van der Waals surface area (Å²) in [5, 5.41) is 3.96. The van der Waals surface area contributed by atoms with Crippen LogP contribution in [0.2, 0.25) is 0 Å². The van der Waals surface area contributed by atoms with Crippen molar-refractivity contribution in [3.05, 3.63) is 84.1 Å². The molecule has 0 aliphatic heterocycles. The van der Waals surface area contributed by atoms with Gasteiger partial charge in [-0.3, -0.25) is 20.4 Å². The number of rotatable bonds is 7. The SMILES string of the molecule is COc1ccc(-n2c(C)c(C(C)=O)c3cc(OCC(=O)NNC(=S)Nc4ccccc4)ccc32)cc1. The average Bonchev–Trinajstić information content (AvgIpc) is 3.18. The van der Waals surface area contributed by atoms with Crippen LogP contribution in [0, 0.1) is 6.92 Å². The second-order valence-electron chi connectivity index (χ2n) is 8.01. The summed E-state index contributed by atoms with van der Waals surface area (Å²) in [6, 6.07) is 22.4. The predicted molar refractivity (Wildman–Crippen MR) is 144 cm³/mol. The maximum Gasteiger partial charge on any atom is 0.276 e. The van der Waals surface area contributed by atoms with Crippen LogP contribution >= 0.6 is 12.2 Å². The maximum atomic E-state index is 12.5. The number of thiocarbonyl (C=S) groups is 1. The van der Waals surface area contributed by atoms with E-state index in [0.29, 0.717) is 11.3 Å². The number of nitrogens with zero attached hydrogens (tertiary/aromatic N) is 1. The van der Waals surface area contributed by atoms with E-state index in [4.69, 9.17) is 21.7 Å². The molecule has 0 saturated carbocycles. The van der Waals surface area contributed by atoms with E-state index in [-0.39, 0.29) is 17.5 Å². The first kappa shape index (κ1) is 24.7. The van der Waals surface area contributed by atoms with Gasteiger partial charge in [-0.2, -0.15) is 0 Å². The number of nitrogens with one attached hydrogen (secondary N) is 3. The fourth-order valence-corrected chi connectivity index (χ4v) is 4.16. The number of para-hydroxylation sites is 1. The normalized spacial score (nSPS) is 10.5. The molecule has 0 radical (unpaired) electrons. The molecule has 1 heterocycles. The second kappa shape index (κ2) is 10.9. The molecule has 0 spiro atoms. The summed E-state index contributed by atoms with van der Waals surface area (Å²) in [5.41, 5.74) is 9.13. The third kappa shape index (κ3) is 5.47. The number of fused-ring (bicyclic) bond motifs is 1. The van der Waals surface area contributed by atoms with Gasteiger partial charge in [0.2, 0.25) is 0 Å². The van der Waals surface area contributed by atoms with E-state index in [0.717, 1.165) is 33.7 Å². The summed E-state index contributed by atoms with van der Waals surface area (Å²) < 4.78 is 13.0. The van der Waals surface area contributed by atoms with Crippen LogP contribution in [-0.2, 0) is 4.79 Å². The summed E-state index contributed by atoms with van der Waals surface area (Å²) in [6.45, 7) is 3.21. The number of hydrazine groups is 1. The number of hydrogen-bond donors (Lipinski definition) is 3. The van der Waals surface area contributed by atoms with Gasteiger partial charge in [0.1, 0.15) is 11.5 Å². The van der Waals surface area contributed by atoms with Crippen LogP contribution in [-0.4, -0.2) is 35.1 Å². The smallest absolute Gasteiger partial charge is 0.276 e. The Morgan fingerprint density at radius 3 is 2.31 bits per heavy atom. The third-order valence-corrected chi connectivity index (χ3v) is 5.78. The van der Waals surface area contributed by atoms with Gasteiger partial charge in [-0.15, -0.1) is 0 Å². The molecule has 4 rings (SSSR count). The van der Waals surface area contributed by atoms with Crippen molar-refractivity contribution in [2.24, 2.45) is 0 Å². The van der Waals surface area contributed by atoms with Gasteiger partial charge >= 0.3 is 0 Å². The van der Waals surface area contributed by atoms with E-state index in [1.165, 1.54) is 0 Å². The molecule has 0 aliphatic rings. The fraction of sp³-hybridized carbons (Fsp3) is 0.148. The van der Waals surface area contributed by atoms with Crippen LogP contribution < -0.4 is 25.6 Å². The van der Waals surface area contributed by atoms with Crippen molar-refractivity contribution in [1.82, 2.24) is 15.4 Å². The number of Topliss-reactive ketones (excluding diaryl/α,β-unsaturated/α-hetero) is 1. The molecule has 3 N–H and O–H groups in total. The number of methoxy groups -OCH3 is 1. The predicted octanol–water partition coefficient (Wildman–Crippen LogP) is 4.55. The zero-order chi connectivity index (χ0) is 25.7. The molecular formula is C27H26N4O4S. The monoisotopic (exact) mass is 502 g/mol. The Hall–Kier alpha value is -4.37. The molecule has 36 heavy (non-hydrogen) atoms. The fourth-order valence-electron chi connectivity index (χ4n) is 3.99. The Morgan fingerprint density at radius 2 is 1.64 bits per heavy atom. The minimum Gasteiger partial charge on any atom is -0.497 e. The third-order valence-electron chi connectivity index (χ3n) is 5.58. The molecule has 0 aliphatic carbocycles. The van der Waals surface area contributed by atoms with Crippen molar-refractivity contribution in [2.75, 3.05) is 19.0 Å². The van der Waals surface area contributed by atoms with Gasteiger partial charge in [-0.25, -0.2) is 0 Å². The molecule has 0 atom stereocenters. The molecule has 9 heteroatoms. The minimum atomic E-state index is -0.411. The highest BCUT2D eigenvalue weighted by Crippen LogP contribution is 2.32. The van der Waals surface area contributed by atoms with Crippen molar-refractivity contribution in [1.29, 1.82) is 0 Å². The van der Waals surface area contributed by atoms with E-state index in [2.05, 4.69) is 16.2 Å². The van der Waals surface area contributed by atoms with Crippen molar-refractivity contribution in [3.63, 3.8) is 0 Å². The Bertz CT molecular complexity index is 1420. The Morgan fingerprint density at radius 1 is 0.944 bits per heavy atom. The molecular weight excluding hydrogens is 476 g/mol. The topological polar surface area (TPSA) is 93.6 Å². The lowest BCUT2D eigenvalue weighted by Crippen LogP contribution is -2.45. The van der Waals surface area contributed by atoms with Gasteiger partial charge < -0.3 is 19.4 Å². The quantitative estimate of drug-likeness (QED) is 0.194. The number of anilines is 1. The van der Waals surface area contributed by atoms with Crippen molar-refractivity contribution < 1.29 is 19.1 Å². The van der Waals surface area contributed by atoms with E-state index in [1.54, 1.807) is 26.2 Å². The lowest BCUT2D eigenvalue weighted by Gasteiger charge is -2.12. The van der Waals surface area contributed by atoms with Gasteiger partial charge in [-0.05, 0) is 80.7 Å². The lowest BCUT2D eigenvalue weighted by atomic mass is 10.1. The van der Waals surface area contributed by atoms with E-state index in [9.17, 15) is 9.59 Å². The van der Waals surface area contributed by atoms with Gasteiger partial charge in [0.05, 0.1) is 12.6 Å². The number of benzene rings is 3. The number of carbonyl (C=O) groups excluding carboxylic acids is 2. The van der Waals surface area contributed by atoms with Gasteiger partial charge in [-0.1, -0.05) is 18.2 Å². The first-order valence-corrected chi connectivity index (χ1v) is 11.6. The number of ether oxygens (including phenoxy) is 2. The molecule has 0 saturated heterocycles. The van der Waals surface area contributed by atoms with E-state index >= 15 is 0 Å². The van der Waals surface area contributed by atoms with E-state index < -0.39 is 5.91 Å². The summed E-state index contributed by atoms with van der Waals surface area (Å²) in [5.74, 6) is 0.756. The minimum absolute atomic E-state index is 0.0525. The standard InChI is InChI=1S/C27H26N4O4S/c1-17-26(18(2)32)23-15-22(13-14-24(23)31(17)20-9-11-21(34-3)12-10-20)35-16-25(33)29-30-27(36)28-19-7-5-4-6-8-19/h4-15H,16H2,1-3H3,(H,29,33)(H2,28,30,36). The van der Waals surface area contributed by atoms with Crippen LogP contribution in [0.15, 0.2) is 72.8 Å². The molecule has 4 aromatic rings. The highest BCUT2D eigenvalue weighted by atomic mass is 32.1. The zero-order valence-electron chi connectivity index (χ0n) is 20.1. The van der Waals surface area contributed by atoms with Gasteiger partial charge in [0.15, 0.2) is 17.5 Å². The van der Waals surface area contributed by atoms with Crippen molar-refractivity contribution in [2.45, 2.75) is 13.8 Å². The molecule has 0 bridgehead atoms. The zero-order valence-corrected chi connectivity index (χ0v) is 20.9. The van der Waals surface area contributed by atoms with Gasteiger partial charge in [0.25, 0.3) is 5.91 Å². The number of amides is 1. The van der Waals surface area contributed by atoms with Crippen LogP contribution in [0.1, 0.15) is 23.0 Å². The van der Waals surface area contributed by atoms with Crippen LogP contribution in [0.25, 0.3) is 16.6 Å². The summed E-state index contributed by atoms with van der Waals surface area (Å²) in [7, 11) is 1.62. The van der Waals surface area contributed by atoms with Crippen LogP contribution in [0.4, 0.5) is 5.69 Å². The van der Waals surface area contributed by atoms with Crippen LogP contribution in [0.3, 0.4) is 0 Å². The second-order valence-corrected chi connectivity index (χ2v) is 8.42. The summed E-state index contributed by atoms with van der Waals surface area (Å²) in [6.07, 6.45) is 0. The molecule has 1 amide bonds. The Kier molecular flexibility index (Phi) is 7.50. The highest BCUT2D eigenvalue weighted by molar-refractivity contribution is 7.80. The molecule has 8 nitrogen and oxygen atoms in total. The average molecular weight is 503 g/mol. The highest BCUT2D eigenvalue weighted by Gasteiger charge is 2.19. The van der Waals surface area contributed by atoms with Crippen LogP contribution in [0.5, 0.6) is 11.5 Å². The lowest BCUT2D eigenvalue weighted by molar-refractivity contribution is -0.123. The molecule has 3 aromatic carbocycles. The van der Waals surface area contributed by atoms with Crippen molar-refractivity contribution >= 4 is 45.6 Å². The van der Waals surface area contributed by atoms with Gasteiger partial charge in [0, 0.05) is 28.0 Å². The number of aromatic nitrogens is 1. The number of ketones is 1. The first-order chi connectivity index (χ1) is 17.4. The number of hydrogen-bond acceptors (Lipinski definition) is 5. The maximum absolute atomic E-state index is 12.5. The first-order valence-electron chi connectivity index (χ1n) is 11.2. The Balaban J connectivity index is 1.46.